The number of hydrogen-bond donors (Lipinski definition) is 0. The number of esters is 1. The first kappa shape index (κ1) is 18.7. The van der Waals surface area contributed by atoms with Crippen LogP contribution in [0.4, 0.5) is 5.69 Å². The highest BCUT2D eigenvalue weighted by atomic mass is 16.5. The Morgan fingerprint density at radius 3 is 2.16 bits per heavy atom. The molecule has 0 fully saturated rings. The molecular formula is C21H25NO3. The summed E-state index contributed by atoms with van der Waals surface area (Å²) in [4.78, 5) is 26.3. The van der Waals surface area contributed by atoms with Crippen LogP contribution in [-0.4, -0.2) is 32.5 Å². The molecule has 2 aromatic carbocycles. The van der Waals surface area contributed by atoms with E-state index < -0.39 is 5.97 Å². The van der Waals surface area contributed by atoms with Crippen LogP contribution >= 0.6 is 0 Å². The van der Waals surface area contributed by atoms with E-state index in [2.05, 4.69) is 20.8 Å². The Labute approximate surface area is 149 Å². The van der Waals surface area contributed by atoms with Crippen LogP contribution in [0.25, 0.3) is 0 Å². The third-order valence-corrected chi connectivity index (χ3v) is 4.01. The van der Waals surface area contributed by atoms with Gasteiger partial charge in [0.25, 0.3) is 0 Å². The summed E-state index contributed by atoms with van der Waals surface area (Å²) in [6.45, 7) is 6.09. The van der Waals surface area contributed by atoms with Crippen LogP contribution in [0.15, 0.2) is 48.5 Å². The lowest BCUT2D eigenvalue weighted by Gasteiger charge is -2.19. The minimum atomic E-state index is -0.497. The Bertz CT molecular complexity index is 755. The fourth-order valence-electron chi connectivity index (χ4n) is 2.36. The highest BCUT2D eigenvalue weighted by Crippen LogP contribution is 2.22. The number of ketones is 1. The highest BCUT2D eigenvalue weighted by molar-refractivity contribution is 5.99. The predicted octanol–water partition coefficient (Wildman–Crippen LogP) is 4.09. The zero-order valence-electron chi connectivity index (χ0n) is 15.5. The maximum Gasteiger partial charge on any atom is 0.338 e. The van der Waals surface area contributed by atoms with Gasteiger partial charge in [-0.25, -0.2) is 4.79 Å². The molecule has 132 valence electrons. The number of rotatable bonds is 5. The molecule has 0 aliphatic rings. The molecule has 0 amide bonds. The smallest absolute Gasteiger partial charge is 0.338 e. The van der Waals surface area contributed by atoms with Crippen molar-refractivity contribution in [1.82, 2.24) is 0 Å². The van der Waals surface area contributed by atoms with Crippen LogP contribution in [0.3, 0.4) is 0 Å². The van der Waals surface area contributed by atoms with Crippen molar-refractivity contribution in [1.29, 1.82) is 0 Å². The van der Waals surface area contributed by atoms with Crippen molar-refractivity contribution in [3.63, 3.8) is 0 Å². The second kappa shape index (κ2) is 7.51. The van der Waals surface area contributed by atoms with Gasteiger partial charge in [0, 0.05) is 25.3 Å². The maximum absolute atomic E-state index is 12.2. The quantitative estimate of drug-likeness (QED) is 0.608. The molecule has 25 heavy (non-hydrogen) atoms. The molecule has 0 N–H and O–H groups in total. The molecule has 0 aromatic heterocycles. The molecule has 0 aliphatic heterocycles. The third kappa shape index (κ3) is 4.92. The molecule has 0 atom stereocenters. The Kier molecular flexibility index (Phi) is 5.62. The van der Waals surface area contributed by atoms with Gasteiger partial charge in [-0.05, 0) is 29.2 Å². The van der Waals surface area contributed by atoms with Gasteiger partial charge < -0.3 is 9.64 Å². The lowest BCUT2D eigenvalue weighted by atomic mass is 9.86. The molecule has 0 unspecified atom stereocenters. The number of Topliss-reactive ketones (excluding diaryl/α,β-unsaturated/α-hetero) is 1. The van der Waals surface area contributed by atoms with Crippen molar-refractivity contribution in [3.8, 4) is 0 Å². The summed E-state index contributed by atoms with van der Waals surface area (Å²) in [5.41, 5.74) is 3.07. The van der Waals surface area contributed by atoms with E-state index in [0.717, 1.165) is 11.3 Å². The third-order valence-electron chi connectivity index (χ3n) is 4.01. The van der Waals surface area contributed by atoms with E-state index in [1.807, 2.05) is 37.2 Å². The van der Waals surface area contributed by atoms with Gasteiger partial charge in [0.1, 0.15) is 0 Å². The average Bonchev–Trinajstić information content (AvgIpc) is 2.58. The van der Waals surface area contributed by atoms with Crippen LogP contribution in [0.5, 0.6) is 0 Å². The lowest BCUT2D eigenvalue weighted by Crippen LogP contribution is -2.16. The van der Waals surface area contributed by atoms with Crippen LogP contribution in [0, 0.1) is 0 Å². The zero-order valence-corrected chi connectivity index (χ0v) is 15.5. The Hall–Kier alpha value is -2.62. The van der Waals surface area contributed by atoms with E-state index in [1.165, 1.54) is 0 Å². The first-order chi connectivity index (χ1) is 11.7. The topological polar surface area (TPSA) is 46.6 Å². The van der Waals surface area contributed by atoms with Crippen LogP contribution in [0.1, 0.15) is 47.1 Å². The van der Waals surface area contributed by atoms with Gasteiger partial charge in [-0.1, -0.05) is 51.1 Å². The van der Waals surface area contributed by atoms with E-state index in [-0.39, 0.29) is 17.8 Å². The molecule has 0 aliphatic carbocycles. The Morgan fingerprint density at radius 1 is 0.960 bits per heavy atom. The maximum atomic E-state index is 12.2. The van der Waals surface area contributed by atoms with Crippen LogP contribution < -0.4 is 4.90 Å². The SMILES string of the molecule is CN(C)c1cccc(C(=O)OCC(=O)c2ccc(C(C)(C)C)cc2)c1. The lowest BCUT2D eigenvalue weighted by molar-refractivity contribution is 0.0475. The number of ether oxygens (including phenoxy) is 1. The predicted molar refractivity (Wildman–Crippen MR) is 101 cm³/mol. The molecular weight excluding hydrogens is 314 g/mol. The summed E-state index contributed by atoms with van der Waals surface area (Å²) in [5, 5.41) is 0. The van der Waals surface area contributed by atoms with Crippen LogP contribution in [0.2, 0.25) is 0 Å². The summed E-state index contributed by atoms with van der Waals surface area (Å²) in [7, 11) is 3.80. The number of carbonyl (C=O) groups is 2. The Balaban J connectivity index is 2.00. The van der Waals surface area contributed by atoms with Crippen molar-refractivity contribution in [2.75, 3.05) is 25.6 Å². The number of benzene rings is 2. The van der Waals surface area contributed by atoms with Crippen LogP contribution in [-0.2, 0) is 10.2 Å². The number of nitrogens with zero attached hydrogens (tertiary/aromatic N) is 1. The first-order valence-electron chi connectivity index (χ1n) is 8.27. The van der Waals surface area contributed by atoms with Gasteiger partial charge in [-0.15, -0.1) is 0 Å². The minimum absolute atomic E-state index is 0.0332. The largest absolute Gasteiger partial charge is 0.454 e. The van der Waals surface area contributed by atoms with Gasteiger partial charge in [0.15, 0.2) is 12.4 Å². The summed E-state index contributed by atoms with van der Waals surface area (Å²) >= 11 is 0. The highest BCUT2D eigenvalue weighted by Gasteiger charge is 2.16. The standard InChI is InChI=1S/C21H25NO3/c1-21(2,3)17-11-9-15(10-12-17)19(23)14-25-20(24)16-7-6-8-18(13-16)22(4)5/h6-13H,14H2,1-5H3. The molecule has 4 nitrogen and oxygen atoms in total. The van der Waals surface area contributed by atoms with E-state index >= 15 is 0 Å². The van der Waals surface area contributed by atoms with Crippen molar-refractivity contribution in [2.24, 2.45) is 0 Å². The second-order valence-electron chi connectivity index (χ2n) is 7.27. The second-order valence-corrected chi connectivity index (χ2v) is 7.27. The van der Waals surface area contributed by atoms with E-state index in [9.17, 15) is 9.59 Å². The monoisotopic (exact) mass is 339 g/mol. The van der Waals surface area contributed by atoms with Gasteiger partial charge in [-0.3, -0.25) is 4.79 Å². The molecule has 0 spiro atoms. The van der Waals surface area contributed by atoms with E-state index in [0.29, 0.717) is 11.1 Å². The van der Waals surface area contributed by atoms with Crippen molar-refractivity contribution < 1.29 is 14.3 Å². The fraction of sp³-hybridized carbons (Fsp3) is 0.333. The fourth-order valence-corrected chi connectivity index (χ4v) is 2.36. The van der Waals surface area contributed by atoms with Gasteiger partial charge in [0.2, 0.25) is 0 Å². The minimum Gasteiger partial charge on any atom is -0.454 e. The van der Waals surface area contributed by atoms with Crippen molar-refractivity contribution in [2.45, 2.75) is 26.2 Å². The van der Waals surface area contributed by atoms with Crippen molar-refractivity contribution >= 4 is 17.4 Å². The Morgan fingerprint density at radius 2 is 1.60 bits per heavy atom. The van der Waals surface area contributed by atoms with Crippen molar-refractivity contribution in [3.05, 3.63) is 65.2 Å². The van der Waals surface area contributed by atoms with Gasteiger partial charge in [-0.2, -0.15) is 0 Å². The molecule has 0 radical (unpaired) electrons. The summed E-state index contributed by atoms with van der Waals surface area (Å²) in [5.74, 6) is -0.707. The van der Waals surface area contributed by atoms with E-state index in [4.69, 9.17) is 4.74 Å². The molecule has 0 bridgehead atoms. The summed E-state index contributed by atoms with van der Waals surface area (Å²) in [6, 6.07) is 14.6. The molecule has 4 heteroatoms. The number of anilines is 1. The molecule has 0 heterocycles. The summed E-state index contributed by atoms with van der Waals surface area (Å²) < 4.78 is 5.17. The van der Waals surface area contributed by atoms with Gasteiger partial charge >= 0.3 is 5.97 Å². The molecule has 2 aromatic rings. The molecule has 0 saturated carbocycles. The molecule has 0 saturated heterocycles. The number of hydrogen-bond acceptors (Lipinski definition) is 4. The zero-order chi connectivity index (χ0) is 18.6. The normalized spacial score (nSPS) is 11.1. The van der Waals surface area contributed by atoms with E-state index in [1.54, 1.807) is 30.3 Å². The van der Waals surface area contributed by atoms with Gasteiger partial charge in [0.05, 0.1) is 5.56 Å². The number of carbonyl (C=O) groups excluding carboxylic acids is 2. The molecule has 2 rings (SSSR count). The first-order valence-corrected chi connectivity index (χ1v) is 8.27. The summed E-state index contributed by atoms with van der Waals surface area (Å²) in [6.07, 6.45) is 0. The average molecular weight is 339 g/mol.